The normalized spacial score (nSPS) is 18.6. The molecule has 3 rings (SSSR count). The molecule has 0 saturated carbocycles. The standard InChI is InChI=1S/C19H25N5OS/c1-13-10-17(20)23-19(21-13)26-14(2)18(25)22-16-8-9-24(12-16)11-15-6-4-3-5-7-15/h3-7,10,14,16H,8-9,11-12H2,1-2H3,(H,22,25)(H2,20,21,23). The highest BCUT2D eigenvalue weighted by atomic mass is 32.2. The van der Waals surface area contributed by atoms with Crippen LogP contribution in [0.3, 0.4) is 0 Å². The molecular formula is C19H25N5OS. The number of anilines is 1. The van der Waals surface area contributed by atoms with Crippen molar-refractivity contribution in [2.75, 3.05) is 18.8 Å². The molecule has 2 unspecified atom stereocenters. The topological polar surface area (TPSA) is 84.1 Å². The second-order valence-electron chi connectivity index (χ2n) is 6.69. The van der Waals surface area contributed by atoms with E-state index in [9.17, 15) is 4.79 Å². The molecule has 2 atom stereocenters. The predicted octanol–water partition coefficient (Wildman–Crippen LogP) is 2.24. The summed E-state index contributed by atoms with van der Waals surface area (Å²) < 4.78 is 0. The lowest BCUT2D eigenvalue weighted by Gasteiger charge is -2.18. The Bertz CT molecular complexity index is 735. The quantitative estimate of drug-likeness (QED) is 0.598. The van der Waals surface area contributed by atoms with Gasteiger partial charge in [0, 0.05) is 37.4 Å². The molecule has 138 valence electrons. The second kappa shape index (κ2) is 8.51. The molecule has 1 aromatic heterocycles. The first-order chi connectivity index (χ1) is 12.5. The molecule has 2 aromatic rings. The van der Waals surface area contributed by atoms with Crippen molar-refractivity contribution in [2.24, 2.45) is 0 Å². The Morgan fingerprint density at radius 3 is 2.88 bits per heavy atom. The van der Waals surface area contributed by atoms with E-state index in [-0.39, 0.29) is 17.2 Å². The van der Waals surface area contributed by atoms with Crippen LogP contribution in [-0.4, -0.2) is 45.2 Å². The van der Waals surface area contributed by atoms with Gasteiger partial charge in [0.2, 0.25) is 5.91 Å². The Morgan fingerprint density at radius 1 is 1.38 bits per heavy atom. The lowest BCUT2D eigenvalue weighted by molar-refractivity contribution is -0.120. The summed E-state index contributed by atoms with van der Waals surface area (Å²) in [6, 6.07) is 12.3. The fraction of sp³-hybridized carbons (Fsp3) is 0.421. The van der Waals surface area contributed by atoms with E-state index in [1.54, 1.807) is 6.07 Å². The molecule has 26 heavy (non-hydrogen) atoms. The average Bonchev–Trinajstić information content (AvgIpc) is 3.01. The molecule has 0 aliphatic carbocycles. The van der Waals surface area contributed by atoms with Gasteiger partial charge < -0.3 is 11.1 Å². The van der Waals surface area contributed by atoms with Gasteiger partial charge in [-0.1, -0.05) is 42.1 Å². The van der Waals surface area contributed by atoms with Gasteiger partial charge in [0.1, 0.15) is 5.82 Å². The molecule has 1 saturated heterocycles. The molecular weight excluding hydrogens is 346 g/mol. The number of hydrogen-bond donors (Lipinski definition) is 2. The average molecular weight is 372 g/mol. The van der Waals surface area contributed by atoms with Crippen LogP contribution in [0.2, 0.25) is 0 Å². The Balaban J connectivity index is 1.48. The van der Waals surface area contributed by atoms with Crippen LogP contribution in [0.5, 0.6) is 0 Å². The number of nitrogens with zero attached hydrogens (tertiary/aromatic N) is 3. The number of likely N-dealkylation sites (tertiary alicyclic amines) is 1. The van der Waals surface area contributed by atoms with Gasteiger partial charge in [-0.2, -0.15) is 0 Å². The van der Waals surface area contributed by atoms with Crippen LogP contribution in [0.15, 0.2) is 41.6 Å². The maximum atomic E-state index is 12.5. The summed E-state index contributed by atoms with van der Waals surface area (Å²) in [6.45, 7) is 6.55. The summed E-state index contributed by atoms with van der Waals surface area (Å²) in [5, 5.41) is 3.43. The van der Waals surface area contributed by atoms with Gasteiger partial charge in [0.05, 0.1) is 5.25 Å². The third-order valence-electron chi connectivity index (χ3n) is 4.37. The van der Waals surface area contributed by atoms with E-state index in [1.165, 1.54) is 17.3 Å². The van der Waals surface area contributed by atoms with Gasteiger partial charge in [-0.3, -0.25) is 9.69 Å². The molecule has 1 amide bonds. The minimum absolute atomic E-state index is 0.0187. The van der Waals surface area contributed by atoms with E-state index in [2.05, 4.69) is 44.5 Å². The fourth-order valence-corrected chi connectivity index (χ4v) is 3.93. The number of nitrogens with one attached hydrogen (secondary N) is 1. The monoisotopic (exact) mass is 371 g/mol. The summed E-state index contributed by atoms with van der Waals surface area (Å²) in [6.07, 6.45) is 0.976. The minimum Gasteiger partial charge on any atom is -0.384 e. The minimum atomic E-state index is -0.264. The van der Waals surface area contributed by atoms with E-state index in [4.69, 9.17) is 5.73 Å². The number of aryl methyl sites for hydroxylation is 1. The van der Waals surface area contributed by atoms with Crippen LogP contribution in [0, 0.1) is 6.92 Å². The molecule has 0 radical (unpaired) electrons. The van der Waals surface area contributed by atoms with Crippen molar-refractivity contribution < 1.29 is 4.79 Å². The SMILES string of the molecule is Cc1cc(N)nc(SC(C)C(=O)NC2CCN(Cc3ccccc3)C2)n1. The van der Waals surface area contributed by atoms with Crippen molar-refractivity contribution in [1.82, 2.24) is 20.2 Å². The Labute approximate surface area is 158 Å². The second-order valence-corrected chi connectivity index (χ2v) is 8.00. The third kappa shape index (κ3) is 5.19. The number of nitrogens with two attached hydrogens (primary N) is 1. The van der Waals surface area contributed by atoms with Gasteiger partial charge in [0.25, 0.3) is 0 Å². The molecule has 7 heteroatoms. The van der Waals surface area contributed by atoms with E-state index >= 15 is 0 Å². The van der Waals surface area contributed by atoms with Crippen molar-refractivity contribution in [3.05, 3.63) is 47.7 Å². The summed E-state index contributed by atoms with van der Waals surface area (Å²) in [5.74, 6) is 0.449. The highest BCUT2D eigenvalue weighted by Gasteiger charge is 2.26. The summed E-state index contributed by atoms with van der Waals surface area (Å²) in [4.78, 5) is 23.4. The largest absolute Gasteiger partial charge is 0.384 e. The third-order valence-corrected chi connectivity index (χ3v) is 5.33. The summed E-state index contributed by atoms with van der Waals surface area (Å²) in [7, 11) is 0. The Morgan fingerprint density at radius 2 is 2.15 bits per heavy atom. The predicted molar refractivity (Wildman–Crippen MR) is 105 cm³/mol. The Kier molecular flexibility index (Phi) is 6.11. The number of carbonyl (C=O) groups is 1. The molecule has 1 aliphatic heterocycles. The number of amides is 1. The van der Waals surface area contributed by atoms with Crippen LogP contribution in [-0.2, 0) is 11.3 Å². The zero-order chi connectivity index (χ0) is 18.5. The molecule has 0 bridgehead atoms. The number of thioether (sulfide) groups is 1. The number of rotatable bonds is 6. The molecule has 1 aromatic carbocycles. The van der Waals surface area contributed by atoms with E-state index in [1.807, 2.05) is 19.9 Å². The van der Waals surface area contributed by atoms with E-state index in [0.717, 1.165) is 31.7 Å². The summed E-state index contributed by atoms with van der Waals surface area (Å²) in [5.41, 5.74) is 7.86. The van der Waals surface area contributed by atoms with Crippen molar-refractivity contribution in [3.63, 3.8) is 0 Å². The van der Waals surface area contributed by atoms with E-state index < -0.39 is 0 Å². The maximum absolute atomic E-state index is 12.5. The number of benzene rings is 1. The van der Waals surface area contributed by atoms with Gasteiger partial charge >= 0.3 is 0 Å². The molecule has 6 nitrogen and oxygen atoms in total. The summed E-state index contributed by atoms with van der Waals surface area (Å²) >= 11 is 1.34. The molecule has 0 spiro atoms. The number of carbonyl (C=O) groups excluding carboxylic acids is 1. The molecule has 2 heterocycles. The lowest BCUT2D eigenvalue weighted by atomic mass is 10.2. The van der Waals surface area contributed by atoms with E-state index in [0.29, 0.717) is 11.0 Å². The first kappa shape index (κ1) is 18.7. The molecule has 1 fully saturated rings. The first-order valence-electron chi connectivity index (χ1n) is 8.84. The zero-order valence-corrected chi connectivity index (χ0v) is 16.0. The van der Waals surface area contributed by atoms with Gasteiger partial charge in [-0.05, 0) is 25.8 Å². The van der Waals surface area contributed by atoms with Gasteiger partial charge in [-0.25, -0.2) is 9.97 Å². The zero-order valence-electron chi connectivity index (χ0n) is 15.2. The van der Waals surface area contributed by atoms with Crippen LogP contribution in [0.4, 0.5) is 5.82 Å². The first-order valence-corrected chi connectivity index (χ1v) is 9.72. The van der Waals surface area contributed by atoms with Crippen molar-refractivity contribution in [1.29, 1.82) is 0 Å². The fourth-order valence-electron chi connectivity index (χ4n) is 3.08. The number of nitrogen functional groups attached to an aromatic ring is 1. The van der Waals surface area contributed by atoms with Crippen LogP contribution in [0.1, 0.15) is 24.6 Å². The van der Waals surface area contributed by atoms with Crippen molar-refractivity contribution in [3.8, 4) is 0 Å². The lowest BCUT2D eigenvalue weighted by Crippen LogP contribution is -2.40. The van der Waals surface area contributed by atoms with Crippen LogP contribution < -0.4 is 11.1 Å². The smallest absolute Gasteiger partial charge is 0.233 e. The Hall–Kier alpha value is -2.12. The van der Waals surface area contributed by atoms with Gasteiger partial charge in [0.15, 0.2) is 5.16 Å². The van der Waals surface area contributed by atoms with Crippen molar-refractivity contribution in [2.45, 2.75) is 43.3 Å². The van der Waals surface area contributed by atoms with Crippen molar-refractivity contribution >= 4 is 23.5 Å². The van der Waals surface area contributed by atoms with Crippen LogP contribution in [0.25, 0.3) is 0 Å². The highest BCUT2D eigenvalue weighted by Crippen LogP contribution is 2.21. The number of hydrogen-bond acceptors (Lipinski definition) is 6. The molecule has 1 aliphatic rings. The highest BCUT2D eigenvalue weighted by molar-refractivity contribution is 8.00. The maximum Gasteiger partial charge on any atom is 0.233 e. The van der Waals surface area contributed by atoms with Gasteiger partial charge in [-0.15, -0.1) is 0 Å². The number of aromatic nitrogens is 2. The van der Waals surface area contributed by atoms with Crippen LogP contribution >= 0.6 is 11.8 Å². The molecule has 3 N–H and O–H groups in total.